The summed E-state index contributed by atoms with van der Waals surface area (Å²) in [6.07, 6.45) is 6.41. The maximum absolute atomic E-state index is 12.5. The van der Waals surface area contributed by atoms with Crippen LogP contribution in [-0.2, 0) is 25.4 Å². The first kappa shape index (κ1) is 16.4. The molecular weight excluding hydrogens is 326 g/mol. The van der Waals surface area contributed by atoms with Gasteiger partial charge >= 0.3 is 5.69 Å². The zero-order valence-corrected chi connectivity index (χ0v) is 14.5. The summed E-state index contributed by atoms with van der Waals surface area (Å²) in [6.45, 7) is 0.594. The van der Waals surface area contributed by atoms with Gasteiger partial charge in [0.1, 0.15) is 0 Å². The molecule has 1 aliphatic rings. The average molecular weight is 345 g/mol. The van der Waals surface area contributed by atoms with Crippen molar-refractivity contribution >= 4 is 23.3 Å². The Kier molecular flexibility index (Phi) is 4.53. The summed E-state index contributed by atoms with van der Waals surface area (Å²) in [5.74, 6) is -0.109. The van der Waals surface area contributed by atoms with Crippen LogP contribution in [0.2, 0.25) is 0 Å². The van der Waals surface area contributed by atoms with E-state index in [0.717, 1.165) is 22.3 Å². The summed E-state index contributed by atoms with van der Waals surface area (Å²) in [6, 6.07) is 4.27. The average Bonchev–Trinajstić information content (AvgIpc) is 3.28. The molecule has 0 spiro atoms. The summed E-state index contributed by atoms with van der Waals surface area (Å²) in [5.41, 5.74) is -0.473. The lowest BCUT2D eigenvalue weighted by Crippen LogP contribution is -2.37. The Balaban J connectivity index is 1.81. The molecule has 0 N–H and O–H groups in total. The van der Waals surface area contributed by atoms with Gasteiger partial charge in [0.15, 0.2) is 0 Å². The fraction of sp³-hybridized carbons (Fsp3) is 0.353. The van der Waals surface area contributed by atoms with Crippen molar-refractivity contribution in [1.29, 1.82) is 0 Å². The molecule has 1 fully saturated rings. The highest BCUT2D eigenvalue weighted by Gasteiger charge is 2.31. The smallest absolute Gasteiger partial charge is 0.330 e. The van der Waals surface area contributed by atoms with Crippen LogP contribution in [0.1, 0.15) is 23.3 Å². The standard InChI is InChI=1S/C17H19N3O3S/c1-18-10-12(16(22)19(2)17(18)23)5-8-15(21)20(13-6-7-13)11-14-4-3-9-24-14/h3-5,8-10,13H,6-7,11H2,1-2H3/b8-5+. The number of nitrogens with zero attached hydrogens (tertiary/aromatic N) is 3. The van der Waals surface area contributed by atoms with Crippen LogP contribution in [0.15, 0.2) is 39.4 Å². The number of rotatable bonds is 5. The molecular formula is C17H19N3O3S. The Morgan fingerprint density at radius 2 is 2.12 bits per heavy atom. The monoisotopic (exact) mass is 345 g/mol. The van der Waals surface area contributed by atoms with Crippen molar-refractivity contribution in [2.75, 3.05) is 0 Å². The first-order valence-corrected chi connectivity index (χ1v) is 8.63. The number of carbonyl (C=O) groups is 1. The van der Waals surface area contributed by atoms with Crippen molar-refractivity contribution in [2.45, 2.75) is 25.4 Å². The predicted molar refractivity (Wildman–Crippen MR) is 93.8 cm³/mol. The van der Waals surface area contributed by atoms with E-state index in [1.165, 1.54) is 30.0 Å². The van der Waals surface area contributed by atoms with Gasteiger partial charge in [0, 0.05) is 37.3 Å². The molecule has 6 nitrogen and oxygen atoms in total. The lowest BCUT2D eigenvalue weighted by Gasteiger charge is -2.19. The summed E-state index contributed by atoms with van der Waals surface area (Å²) in [4.78, 5) is 39.3. The number of aromatic nitrogens is 2. The topological polar surface area (TPSA) is 64.3 Å². The third-order valence-corrected chi connectivity index (χ3v) is 4.92. The number of aryl methyl sites for hydroxylation is 1. The Morgan fingerprint density at radius 3 is 2.75 bits per heavy atom. The van der Waals surface area contributed by atoms with Crippen molar-refractivity contribution in [2.24, 2.45) is 14.1 Å². The van der Waals surface area contributed by atoms with E-state index in [2.05, 4.69) is 0 Å². The number of thiophene rings is 1. The van der Waals surface area contributed by atoms with Crippen LogP contribution >= 0.6 is 11.3 Å². The number of amides is 1. The molecule has 1 saturated carbocycles. The molecule has 126 valence electrons. The SMILES string of the molecule is Cn1cc(/C=C/C(=O)N(Cc2cccs2)C2CC2)c(=O)n(C)c1=O. The maximum Gasteiger partial charge on any atom is 0.330 e. The Bertz CT molecular complexity index is 889. The van der Waals surface area contributed by atoms with Gasteiger partial charge in [-0.3, -0.25) is 14.2 Å². The third-order valence-electron chi connectivity index (χ3n) is 4.06. The van der Waals surface area contributed by atoms with Crippen LogP contribution in [0.5, 0.6) is 0 Å². The second-order valence-corrected chi connectivity index (χ2v) is 6.98. The van der Waals surface area contributed by atoms with E-state index in [9.17, 15) is 14.4 Å². The minimum absolute atomic E-state index is 0.109. The van der Waals surface area contributed by atoms with Crippen LogP contribution in [-0.4, -0.2) is 26.0 Å². The minimum Gasteiger partial charge on any atom is -0.331 e. The number of hydrogen-bond donors (Lipinski definition) is 0. The first-order chi connectivity index (χ1) is 11.5. The minimum atomic E-state index is -0.404. The van der Waals surface area contributed by atoms with Crippen LogP contribution in [0.3, 0.4) is 0 Å². The van der Waals surface area contributed by atoms with Gasteiger partial charge in [0.2, 0.25) is 5.91 Å². The second-order valence-electron chi connectivity index (χ2n) is 5.95. The number of carbonyl (C=O) groups excluding carboxylic acids is 1. The molecule has 0 atom stereocenters. The van der Waals surface area contributed by atoms with Gasteiger partial charge in [0.25, 0.3) is 5.56 Å². The van der Waals surface area contributed by atoms with Crippen LogP contribution in [0, 0.1) is 0 Å². The van der Waals surface area contributed by atoms with E-state index in [-0.39, 0.29) is 17.6 Å². The molecule has 0 radical (unpaired) electrons. The van der Waals surface area contributed by atoms with Gasteiger partial charge < -0.3 is 9.47 Å². The summed E-state index contributed by atoms with van der Waals surface area (Å²) < 4.78 is 2.37. The van der Waals surface area contributed by atoms with E-state index in [0.29, 0.717) is 12.1 Å². The van der Waals surface area contributed by atoms with Gasteiger partial charge in [0.05, 0.1) is 12.1 Å². The fourth-order valence-corrected chi connectivity index (χ4v) is 3.25. The first-order valence-electron chi connectivity index (χ1n) is 7.75. The Labute approximate surface area is 143 Å². The zero-order chi connectivity index (χ0) is 17.3. The molecule has 2 aromatic heterocycles. The van der Waals surface area contributed by atoms with Crippen molar-refractivity contribution in [1.82, 2.24) is 14.0 Å². The van der Waals surface area contributed by atoms with Gasteiger partial charge in [-0.25, -0.2) is 4.79 Å². The highest BCUT2D eigenvalue weighted by molar-refractivity contribution is 7.09. The summed E-state index contributed by atoms with van der Waals surface area (Å²) in [5, 5.41) is 1.99. The number of hydrogen-bond acceptors (Lipinski definition) is 4. The van der Waals surface area contributed by atoms with Crippen molar-refractivity contribution < 1.29 is 4.79 Å². The van der Waals surface area contributed by atoms with E-state index in [4.69, 9.17) is 0 Å². The van der Waals surface area contributed by atoms with Crippen LogP contribution in [0.4, 0.5) is 0 Å². The van der Waals surface area contributed by atoms with Gasteiger partial charge in [-0.1, -0.05) is 6.07 Å². The molecule has 1 aliphatic carbocycles. The molecule has 0 bridgehead atoms. The van der Waals surface area contributed by atoms with E-state index < -0.39 is 5.56 Å². The summed E-state index contributed by atoms with van der Waals surface area (Å²) in [7, 11) is 3.01. The summed E-state index contributed by atoms with van der Waals surface area (Å²) >= 11 is 1.63. The predicted octanol–water partition coefficient (Wildman–Crippen LogP) is 1.35. The molecule has 0 saturated heterocycles. The van der Waals surface area contributed by atoms with Gasteiger partial charge in [-0.2, -0.15) is 0 Å². The van der Waals surface area contributed by atoms with Crippen molar-refractivity contribution in [3.63, 3.8) is 0 Å². The van der Waals surface area contributed by atoms with Gasteiger partial charge in [-0.15, -0.1) is 11.3 Å². The molecule has 2 heterocycles. The molecule has 1 amide bonds. The molecule has 0 aromatic carbocycles. The quantitative estimate of drug-likeness (QED) is 0.769. The van der Waals surface area contributed by atoms with E-state index in [1.807, 2.05) is 22.4 Å². The zero-order valence-electron chi connectivity index (χ0n) is 13.6. The Morgan fingerprint density at radius 1 is 1.38 bits per heavy atom. The molecule has 24 heavy (non-hydrogen) atoms. The van der Waals surface area contributed by atoms with E-state index >= 15 is 0 Å². The van der Waals surface area contributed by atoms with Crippen LogP contribution < -0.4 is 11.2 Å². The van der Waals surface area contributed by atoms with E-state index in [1.54, 1.807) is 18.4 Å². The third kappa shape index (κ3) is 3.41. The largest absolute Gasteiger partial charge is 0.331 e. The van der Waals surface area contributed by atoms with Gasteiger partial charge in [-0.05, 0) is 30.4 Å². The second kappa shape index (κ2) is 6.60. The lowest BCUT2D eigenvalue weighted by molar-refractivity contribution is -0.127. The molecule has 0 unspecified atom stereocenters. The normalized spacial score (nSPS) is 14.2. The molecule has 7 heteroatoms. The van der Waals surface area contributed by atoms with Crippen molar-refractivity contribution in [3.05, 3.63) is 61.1 Å². The molecule has 2 aromatic rings. The maximum atomic E-state index is 12.5. The lowest BCUT2D eigenvalue weighted by atomic mass is 10.2. The highest BCUT2D eigenvalue weighted by Crippen LogP contribution is 2.29. The molecule has 3 rings (SSSR count). The van der Waals surface area contributed by atoms with Crippen molar-refractivity contribution in [3.8, 4) is 0 Å². The Hall–Kier alpha value is -2.41. The fourth-order valence-electron chi connectivity index (χ4n) is 2.55. The van der Waals surface area contributed by atoms with Crippen LogP contribution in [0.25, 0.3) is 6.08 Å². The highest BCUT2D eigenvalue weighted by atomic mass is 32.1. The molecule has 0 aliphatic heterocycles.